The van der Waals surface area contributed by atoms with Crippen LogP contribution in [-0.4, -0.2) is 12.9 Å². The number of hydrogen-bond donors (Lipinski definition) is 0. The standard InChI is InChI=1S/C15H14O3/c1-2-17-13-6-4-8-15(10-13)18-14-7-3-5-12(9-14)11-16/h3-11H,2H2,1H3. The molecule has 0 spiro atoms. The first-order valence-electron chi connectivity index (χ1n) is 5.78. The zero-order valence-corrected chi connectivity index (χ0v) is 10.1. The Morgan fingerprint density at radius 2 is 1.67 bits per heavy atom. The number of benzene rings is 2. The fourth-order valence-corrected chi connectivity index (χ4v) is 1.58. The third-order valence-corrected chi connectivity index (χ3v) is 2.35. The molecule has 0 aliphatic rings. The Bertz CT molecular complexity index is 535. The molecule has 0 amide bonds. The van der Waals surface area contributed by atoms with E-state index in [4.69, 9.17) is 9.47 Å². The molecular formula is C15H14O3. The van der Waals surface area contributed by atoms with Gasteiger partial charge < -0.3 is 9.47 Å². The third-order valence-electron chi connectivity index (χ3n) is 2.35. The Labute approximate surface area is 106 Å². The highest BCUT2D eigenvalue weighted by molar-refractivity contribution is 5.75. The molecule has 2 rings (SSSR count). The molecule has 0 N–H and O–H groups in total. The van der Waals surface area contributed by atoms with Crippen LogP contribution in [0.25, 0.3) is 0 Å². The van der Waals surface area contributed by atoms with E-state index in [9.17, 15) is 4.79 Å². The largest absolute Gasteiger partial charge is 0.494 e. The lowest BCUT2D eigenvalue weighted by Gasteiger charge is -2.08. The second kappa shape index (κ2) is 5.87. The average Bonchev–Trinajstić information content (AvgIpc) is 2.40. The number of carbonyl (C=O) groups excluding carboxylic acids is 1. The van der Waals surface area contributed by atoms with Gasteiger partial charge in [0.15, 0.2) is 0 Å². The summed E-state index contributed by atoms with van der Waals surface area (Å²) in [6, 6.07) is 14.4. The molecule has 0 saturated carbocycles. The summed E-state index contributed by atoms with van der Waals surface area (Å²) in [6.45, 7) is 2.55. The first-order valence-corrected chi connectivity index (χ1v) is 5.78. The van der Waals surface area contributed by atoms with E-state index in [-0.39, 0.29) is 0 Å². The molecule has 0 radical (unpaired) electrons. The van der Waals surface area contributed by atoms with E-state index in [2.05, 4.69) is 0 Å². The van der Waals surface area contributed by atoms with Gasteiger partial charge in [0, 0.05) is 11.6 Å². The smallest absolute Gasteiger partial charge is 0.150 e. The maximum Gasteiger partial charge on any atom is 0.150 e. The van der Waals surface area contributed by atoms with Crippen molar-refractivity contribution >= 4 is 6.29 Å². The third kappa shape index (κ3) is 3.10. The van der Waals surface area contributed by atoms with Gasteiger partial charge in [-0.1, -0.05) is 18.2 Å². The number of aldehydes is 1. The highest BCUT2D eigenvalue weighted by Gasteiger charge is 2.00. The normalized spacial score (nSPS) is 9.83. The summed E-state index contributed by atoms with van der Waals surface area (Å²) in [6.07, 6.45) is 0.795. The van der Waals surface area contributed by atoms with Gasteiger partial charge >= 0.3 is 0 Å². The van der Waals surface area contributed by atoms with E-state index in [0.29, 0.717) is 23.7 Å². The molecule has 2 aromatic rings. The summed E-state index contributed by atoms with van der Waals surface area (Å²) in [5, 5.41) is 0. The second-order valence-corrected chi connectivity index (χ2v) is 3.70. The van der Waals surface area contributed by atoms with E-state index in [1.54, 1.807) is 24.3 Å². The lowest BCUT2D eigenvalue weighted by Crippen LogP contribution is -1.92. The van der Waals surface area contributed by atoms with Gasteiger partial charge in [-0.3, -0.25) is 4.79 Å². The number of ether oxygens (including phenoxy) is 2. The van der Waals surface area contributed by atoms with Crippen LogP contribution in [0.15, 0.2) is 48.5 Å². The molecule has 0 aromatic heterocycles. The predicted molar refractivity (Wildman–Crippen MR) is 69.5 cm³/mol. The van der Waals surface area contributed by atoms with E-state index >= 15 is 0 Å². The molecular weight excluding hydrogens is 228 g/mol. The Hall–Kier alpha value is -2.29. The van der Waals surface area contributed by atoms with E-state index in [1.165, 1.54) is 0 Å². The molecule has 0 aliphatic carbocycles. The summed E-state index contributed by atoms with van der Waals surface area (Å²) in [5.41, 5.74) is 0.591. The lowest BCUT2D eigenvalue weighted by molar-refractivity contribution is 0.112. The minimum absolute atomic E-state index is 0.591. The summed E-state index contributed by atoms with van der Waals surface area (Å²) < 4.78 is 11.1. The fraction of sp³-hybridized carbons (Fsp3) is 0.133. The van der Waals surface area contributed by atoms with Crippen LogP contribution in [0.3, 0.4) is 0 Å². The molecule has 0 fully saturated rings. The van der Waals surface area contributed by atoms with Crippen LogP contribution < -0.4 is 9.47 Å². The molecule has 3 nitrogen and oxygen atoms in total. The molecule has 18 heavy (non-hydrogen) atoms. The number of rotatable bonds is 5. The van der Waals surface area contributed by atoms with Gasteiger partial charge in [0.25, 0.3) is 0 Å². The predicted octanol–water partition coefficient (Wildman–Crippen LogP) is 3.69. The van der Waals surface area contributed by atoms with Crippen molar-refractivity contribution in [3.05, 3.63) is 54.1 Å². The van der Waals surface area contributed by atoms with Crippen LogP contribution in [0.1, 0.15) is 17.3 Å². The van der Waals surface area contributed by atoms with Gasteiger partial charge in [0.05, 0.1) is 6.61 Å². The summed E-state index contributed by atoms with van der Waals surface area (Å²) in [4.78, 5) is 10.7. The minimum Gasteiger partial charge on any atom is -0.494 e. The topological polar surface area (TPSA) is 35.5 Å². The van der Waals surface area contributed by atoms with Crippen molar-refractivity contribution in [3.8, 4) is 17.2 Å². The fourth-order valence-electron chi connectivity index (χ4n) is 1.58. The lowest BCUT2D eigenvalue weighted by atomic mass is 10.2. The van der Waals surface area contributed by atoms with E-state index in [0.717, 1.165) is 12.0 Å². The number of hydrogen-bond acceptors (Lipinski definition) is 3. The summed E-state index contributed by atoms with van der Waals surface area (Å²) in [5.74, 6) is 2.08. The summed E-state index contributed by atoms with van der Waals surface area (Å²) >= 11 is 0. The van der Waals surface area contributed by atoms with Crippen molar-refractivity contribution in [3.63, 3.8) is 0 Å². The Balaban J connectivity index is 2.17. The van der Waals surface area contributed by atoms with Gasteiger partial charge in [-0.05, 0) is 31.2 Å². The van der Waals surface area contributed by atoms with Crippen molar-refractivity contribution in [2.75, 3.05) is 6.61 Å². The molecule has 0 unspecified atom stereocenters. The SMILES string of the molecule is CCOc1cccc(Oc2cccc(C=O)c2)c1. The van der Waals surface area contributed by atoms with Crippen LogP contribution in [0.5, 0.6) is 17.2 Å². The molecule has 0 bridgehead atoms. The zero-order chi connectivity index (χ0) is 12.8. The molecule has 2 aromatic carbocycles. The molecule has 0 aliphatic heterocycles. The molecule has 0 heterocycles. The van der Waals surface area contributed by atoms with Crippen LogP contribution >= 0.6 is 0 Å². The quantitative estimate of drug-likeness (QED) is 0.750. The molecule has 3 heteroatoms. The zero-order valence-electron chi connectivity index (χ0n) is 10.1. The van der Waals surface area contributed by atoms with Gasteiger partial charge in [-0.15, -0.1) is 0 Å². The van der Waals surface area contributed by atoms with E-state index < -0.39 is 0 Å². The highest BCUT2D eigenvalue weighted by Crippen LogP contribution is 2.25. The van der Waals surface area contributed by atoms with Crippen molar-refractivity contribution in [1.29, 1.82) is 0 Å². The van der Waals surface area contributed by atoms with Gasteiger partial charge in [0.2, 0.25) is 0 Å². The summed E-state index contributed by atoms with van der Waals surface area (Å²) in [7, 11) is 0. The van der Waals surface area contributed by atoms with Crippen LogP contribution in [0.2, 0.25) is 0 Å². The number of carbonyl (C=O) groups is 1. The van der Waals surface area contributed by atoms with Crippen molar-refractivity contribution in [2.45, 2.75) is 6.92 Å². The Morgan fingerprint density at radius 3 is 2.39 bits per heavy atom. The highest BCUT2D eigenvalue weighted by atomic mass is 16.5. The van der Waals surface area contributed by atoms with Gasteiger partial charge in [0.1, 0.15) is 23.5 Å². The average molecular weight is 242 g/mol. The van der Waals surface area contributed by atoms with Crippen LogP contribution in [-0.2, 0) is 0 Å². The maximum absolute atomic E-state index is 10.7. The first kappa shape index (κ1) is 12.2. The molecule has 92 valence electrons. The van der Waals surface area contributed by atoms with Gasteiger partial charge in [-0.25, -0.2) is 0 Å². The van der Waals surface area contributed by atoms with Crippen LogP contribution in [0, 0.1) is 0 Å². The second-order valence-electron chi connectivity index (χ2n) is 3.70. The molecule has 0 saturated heterocycles. The van der Waals surface area contributed by atoms with Crippen molar-refractivity contribution < 1.29 is 14.3 Å². The van der Waals surface area contributed by atoms with Gasteiger partial charge in [-0.2, -0.15) is 0 Å². The Kier molecular flexibility index (Phi) is 3.97. The molecule has 0 atom stereocenters. The monoisotopic (exact) mass is 242 g/mol. The van der Waals surface area contributed by atoms with Crippen LogP contribution in [0.4, 0.5) is 0 Å². The Morgan fingerprint density at radius 1 is 1.00 bits per heavy atom. The van der Waals surface area contributed by atoms with Crippen molar-refractivity contribution in [1.82, 2.24) is 0 Å². The minimum atomic E-state index is 0.591. The van der Waals surface area contributed by atoms with Crippen molar-refractivity contribution in [2.24, 2.45) is 0 Å². The van der Waals surface area contributed by atoms with E-state index in [1.807, 2.05) is 31.2 Å². The maximum atomic E-state index is 10.7. The first-order chi connectivity index (χ1) is 8.81.